The molecule has 1 aliphatic heterocycles. The van der Waals surface area contributed by atoms with Gasteiger partial charge in [-0.1, -0.05) is 20.8 Å². The Labute approximate surface area is 169 Å². The van der Waals surface area contributed by atoms with E-state index in [1.165, 1.54) is 11.3 Å². The van der Waals surface area contributed by atoms with Crippen LogP contribution in [0.2, 0.25) is 0 Å². The molecule has 0 unspecified atom stereocenters. The van der Waals surface area contributed by atoms with Gasteiger partial charge in [0.2, 0.25) is 0 Å². The average Bonchev–Trinajstić information content (AvgIpc) is 3.02. The number of amides is 1. The van der Waals surface area contributed by atoms with Crippen LogP contribution in [-0.2, 0) is 10.2 Å². The number of ether oxygens (including phenoxy) is 1. The highest BCUT2D eigenvalue weighted by Crippen LogP contribution is 2.36. The summed E-state index contributed by atoms with van der Waals surface area (Å²) in [5.74, 6) is -1.34. The lowest BCUT2D eigenvalue weighted by atomic mass is 9.86. The van der Waals surface area contributed by atoms with E-state index in [4.69, 9.17) is 4.74 Å². The molecule has 1 aliphatic rings. The fourth-order valence-corrected chi connectivity index (χ4v) is 4.38. The van der Waals surface area contributed by atoms with E-state index in [0.717, 1.165) is 30.9 Å². The van der Waals surface area contributed by atoms with Crippen molar-refractivity contribution in [3.05, 3.63) is 46.3 Å². The minimum Gasteiger partial charge on any atom is -0.478 e. The Balaban J connectivity index is 1.70. The van der Waals surface area contributed by atoms with Gasteiger partial charge < -0.3 is 20.1 Å². The summed E-state index contributed by atoms with van der Waals surface area (Å²) in [6, 6.07) is 7.34. The zero-order valence-corrected chi connectivity index (χ0v) is 17.4. The van der Waals surface area contributed by atoms with E-state index < -0.39 is 5.97 Å². The van der Waals surface area contributed by atoms with Crippen molar-refractivity contribution in [2.24, 2.45) is 0 Å². The Morgan fingerprint density at radius 2 is 1.89 bits per heavy atom. The van der Waals surface area contributed by atoms with Crippen molar-refractivity contribution in [3.63, 3.8) is 0 Å². The third-order valence-electron chi connectivity index (χ3n) is 4.79. The molecule has 0 saturated carbocycles. The van der Waals surface area contributed by atoms with Gasteiger partial charge in [-0.05, 0) is 47.5 Å². The quantitative estimate of drug-likeness (QED) is 0.756. The van der Waals surface area contributed by atoms with E-state index in [2.05, 4.69) is 10.2 Å². The van der Waals surface area contributed by atoms with Crippen LogP contribution in [0.4, 0.5) is 10.7 Å². The number of hydrogen-bond donors (Lipinski definition) is 2. The van der Waals surface area contributed by atoms with Gasteiger partial charge >= 0.3 is 5.97 Å². The Bertz CT molecular complexity index is 862. The minimum atomic E-state index is -1.03. The number of nitrogens with zero attached hydrogens (tertiary/aromatic N) is 1. The summed E-state index contributed by atoms with van der Waals surface area (Å²) in [4.78, 5) is 26.6. The largest absolute Gasteiger partial charge is 0.478 e. The van der Waals surface area contributed by atoms with Crippen LogP contribution in [0.15, 0.2) is 29.6 Å². The molecule has 0 spiro atoms. The van der Waals surface area contributed by atoms with E-state index in [1.54, 1.807) is 17.5 Å². The summed E-state index contributed by atoms with van der Waals surface area (Å²) in [5.41, 5.74) is 2.12. The number of anilines is 2. The summed E-state index contributed by atoms with van der Waals surface area (Å²) < 4.78 is 5.56. The fraction of sp³-hybridized carbons (Fsp3) is 0.429. The van der Waals surface area contributed by atoms with Crippen molar-refractivity contribution in [2.45, 2.75) is 39.2 Å². The first-order valence-corrected chi connectivity index (χ1v) is 10.2. The second-order valence-electron chi connectivity index (χ2n) is 7.89. The van der Waals surface area contributed by atoms with Gasteiger partial charge in [0.15, 0.2) is 0 Å². The van der Waals surface area contributed by atoms with Gasteiger partial charge in [-0.2, -0.15) is 0 Å². The van der Waals surface area contributed by atoms with Crippen LogP contribution in [-0.4, -0.2) is 42.8 Å². The molecule has 2 heterocycles. The molecule has 7 heteroatoms. The Kier molecular flexibility index (Phi) is 5.76. The molecule has 6 nitrogen and oxygen atoms in total. The second kappa shape index (κ2) is 7.93. The van der Waals surface area contributed by atoms with Crippen molar-refractivity contribution >= 4 is 33.9 Å². The third-order valence-corrected chi connectivity index (χ3v) is 5.68. The van der Waals surface area contributed by atoms with Crippen LogP contribution in [0.3, 0.4) is 0 Å². The van der Waals surface area contributed by atoms with Crippen molar-refractivity contribution in [1.29, 1.82) is 0 Å². The summed E-state index contributed by atoms with van der Waals surface area (Å²) in [6.45, 7) is 10.3. The van der Waals surface area contributed by atoms with E-state index in [0.29, 0.717) is 10.6 Å². The minimum absolute atomic E-state index is 0.171. The molecule has 1 aromatic heterocycles. The van der Waals surface area contributed by atoms with Crippen molar-refractivity contribution in [1.82, 2.24) is 0 Å². The third kappa shape index (κ3) is 4.20. The van der Waals surface area contributed by atoms with Gasteiger partial charge in [0.25, 0.3) is 5.91 Å². The number of thiophene rings is 1. The maximum absolute atomic E-state index is 12.6. The molecule has 1 saturated heterocycles. The van der Waals surface area contributed by atoms with Crippen molar-refractivity contribution < 1.29 is 19.4 Å². The molecule has 0 atom stereocenters. The smallest absolute Gasteiger partial charge is 0.339 e. The molecular formula is C21H26N2O4S. The molecule has 2 N–H and O–H groups in total. The van der Waals surface area contributed by atoms with Crippen molar-refractivity contribution in [2.75, 3.05) is 29.9 Å². The molecule has 0 radical (unpaired) electrons. The number of benzene rings is 1. The van der Waals surface area contributed by atoms with E-state index in [-0.39, 0.29) is 23.0 Å². The predicted molar refractivity (Wildman–Crippen MR) is 112 cm³/mol. The number of carbonyl (C=O) groups excluding carboxylic acids is 1. The summed E-state index contributed by atoms with van der Waals surface area (Å²) >= 11 is 1.25. The topological polar surface area (TPSA) is 78.9 Å². The lowest BCUT2D eigenvalue weighted by Gasteiger charge is -2.40. The molecule has 150 valence electrons. The maximum Gasteiger partial charge on any atom is 0.339 e. The van der Waals surface area contributed by atoms with Crippen LogP contribution < -0.4 is 10.2 Å². The molecule has 3 rings (SSSR count). The van der Waals surface area contributed by atoms with Crippen LogP contribution in [0, 0.1) is 0 Å². The van der Waals surface area contributed by atoms with E-state index >= 15 is 0 Å². The van der Waals surface area contributed by atoms with Crippen LogP contribution in [0.25, 0.3) is 0 Å². The van der Waals surface area contributed by atoms with E-state index in [9.17, 15) is 14.7 Å². The first kappa shape index (κ1) is 20.4. The zero-order valence-electron chi connectivity index (χ0n) is 16.6. The first-order valence-electron chi connectivity index (χ1n) is 9.34. The molecule has 28 heavy (non-hydrogen) atoms. The molecule has 1 aromatic carbocycles. The number of hydrogen-bond acceptors (Lipinski definition) is 5. The first-order chi connectivity index (χ1) is 13.2. The van der Waals surface area contributed by atoms with E-state index in [1.807, 2.05) is 39.8 Å². The normalized spacial score (nSPS) is 14.6. The molecule has 2 aromatic rings. The molecule has 0 aliphatic carbocycles. The zero-order chi connectivity index (χ0) is 20.5. The molecule has 0 bridgehead atoms. The Morgan fingerprint density at radius 3 is 2.43 bits per heavy atom. The summed E-state index contributed by atoms with van der Waals surface area (Å²) in [7, 11) is 0. The SMILES string of the molecule is CCOC1CN(c2ccc(C(=O)Nc3scc(C(C)(C)C)c3C(=O)O)cc2)C1. The highest BCUT2D eigenvalue weighted by Gasteiger charge is 2.28. The molecular weight excluding hydrogens is 376 g/mol. The number of rotatable bonds is 6. The number of nitrogens with one attached hydrogen (secondary N) is 1. The number of carboxylic acids is 1. The van der Waals surface area contributed by atoms with Crippen LogP contribution in [0.5, 0.6) is 0 Å². The predicted octanol–water partition coefficient (Wildman–Crippen LogP) is 4.22. The van der Waals surface area contributed by atoms with Gasteiger partial charge in [0, 0.05) is 30.9 Å². The number of carboxylic acid groups (broad SMARTS) is 1. The number of aromatic carboxylic acids is 1. The summed E-state index contributed by atoms with van der Waals surface area (Å²) in [5, 5.41) is 14.6. The van der Waals surface area contributed by atoms with Gasteiger partial charge in [-0.25, -0.2) is 4.79 Å². The average molecular weight is 403 g/mol. The van der Waals surface area contributed by atoms with Gasteiger partial charge in [0.05, 0.1) is 11.7 Å². The van der Waals surface area contributed by atoms with Crippen LogP contribution >= 0.6 is 11.3 Å². The number of carbonyl (C=O) groups is 2. The van der Waals surface area contributed by atoms with Gasteiger partial charge in [-0.3, -0.25) is 4.79 Å². The summed E-state index contributed by atoms with van der Waals surface area (Å²) in [6.07, 6.45) is 0.276. The Hall–Kier alpha value is -2.38. The standard InChI is InChI=1S/C21H26N2O4S/c1-5-27-15-10-23(11-15)14-8-6-13(7-9-14)18(24)22-19-17(20(25)26)16(12-28-19)21(2,3)4/h6-9,12,15H,5,10-11H2,1-4H3,(H,22,24)(H,25,26). The maximum atomic E-state index is 12.6. The second-order valence-corrected chi connectivity index (χ2v) is 8.77. The van der Waals surface area contributed by atoms with Gasteiger partial charge in [-0.15, -0.1) is 11.3 Å². The fourth-order valence-electron chi connectivity index (χ4n) is 3.20. The highest BCUT2D eigenvalue weighted by molar-refractivity contribution is 7.15. The highest BCUT2D eigenvalue weighted by atomic mass is 32.1. The Morgan fingerprint density at radius 1 is 1.25 bits per heavy atom. The lowest BCUT2D eigenvalue weighted by molar-refractivity contribution is 0.0430. The van der Waals surface area contributed by atoms with Gasteiger partial charge in [0.1, 0.15) is 5.00 Å². The monoisotopic (exact) mass is 402 g/mol. The lowest BCUT2D eigenvalue weighted by Crippen LogP contribution is -2.52. The molecule has 1 fully saturated rings. The van der Waals surface area contributed by atoms with Crippen LogP contribution in [0.1, 0.15) is 54.0 Å². The molecule has 1 amide bonds. The van der Waals surface area contributed by atoms with Crippen molar-refractivity contribution in [3.8, 4) is 0 Å².